The summed E-state index contributed by atoms with van der Waals surface area (Å²) in [5.41, 5.74) is 19.5. The van der Waals surface area contributed by atoms with E-state index in [-0.39, 0.29) is 0 Å². The third kappa shape index (κ3) is 5.32. The number of rotatable bonds is 5. The number of hydrogen-bond donors (Lipinski definition) is 0. The Bertz CT molecular complexity index is 4140. The van der Waals surface area contributed by atoms with Gasteiger partial charge in [-0.05, 0) is 110 Å². The number of para-hydroxylation sites is 2. The van der Waals surface area contributed by atoms with Crippen molar-refractivity contribution in [3.05, 3.63) is 259 Å². The van der Waals surface area contributed by atoms with Crippen LogP contribution in [0.25, 0.3) is 111 Å². The molecule has 1 spiro atoms. The van der Waals surface area contributed by atoms with Crippen LogP contribution in [0.15, 0.2) is 237 Å². The SMILES string of the molecule is c1ccc(-c2nc(-c3ccccc3)nc(-n3c4ccc(-c5ccc6c(c5)c5ccccc5n6-c5ccccc5)cc4c4cc5c(cc43)C3(c4ccccc4-c4ccccc43)c3ccccc3-5)n2)cc1. The van der Waals surface area contributed by atoms with Gasteiger partial charge in [0.2, 0.25) is 5.95 Å². The van der Waals surface area contributed by atoms with Gasteiger partial charge in [0, 0.05) is 38.4 Å². The normalized spacial score (nSPS) is 13.0. The van der Waals surface area contributed by atoms with Gasteiger partial charge in [0.1, 0.15) is 0 Å². The molecule has 2 aliphatic carbocycles. The highest BCUT2D eigenvalue weighted by Crippen LogP contribution is 2.63. The van der Waals surface area contributed by atoms with Crippen molar-refractivity contribution in [2.45, 2.75) is 5.41 Å². The van der Waals surface area contributed by atoms with Gasteiger partial charge in [-0.25, -0.2) is 4.98 Å². The zero-order valence-electron chi connectivity index (χ0n) is 37.3. The minimum Gasteiger partial charge on any atom is -0.309 e. The summed E-state index contributed by atoms with van der Waals surface area (Å²) in [5, 5.41) is 4.72. The Morgan fingerprint density at radius 2 is 0.725 bits per heavy atom. The molecular formula is C64H39N5. The largest absolute Gasteiger partial charge is 0.309 e. The molecule has 0 aliphatic heterocycles. The molecule has 10 aromatic carbocycles. The van der Waals surface area contributed by atoms with E-state index in [4.69, 9.17) is 15.0 Å². The van der Waals surface area contributed by atoms with Crippen LogP contribution < -0.4 is 0 Å². The van der Waals surface area contributed by atoms with Crippen molar-refractivity contribution in [1.29, 1.82) is 0 Å². The van der Waals surface area contributed by atoms with Crippen LogP contribution >= 0.6 is 0 Å². The van der Waals surface area contributed by atoms with Crippen LogP contribution in [0.4, 0.5) is 0 Å². The number of nitrogens with zero attached hydrogens (tertiary/aromatic N) is 5. The molecule has 0 radical (unpaired) electrons. The zero-order chi connectivity index (χ0) is 45.2. The van der Waals surface area contributed by atoms with Crippen LogP contribution in [0.1, 0.15) is 22.3 Å². The van der Waals surface area contributed by atoms with Crippen LogP contribution in [0.5, 0.6) is 0 Å². The first-order valence-corrected chi connectivity index (χ1v) is 23.6. The monoisotopic (exact) mass is 877 g/mol. The molecule has 0 unspecified atom stereocenters. The fourth-order valence-corrected chi connectivity index (χ4v) is 11.9. The highest BCUT2D eigenvalue weighted by atomic mass is 15.2. The van der Waals surface area contributed by atoms with Crippen molar-refractivity contribution in [3.63, 3.8) is 0 Å². The number of benzene rings is 10. The second-order valence-corrected chi connectivity index (χ2v) is 18.3. The molecule has 0 atom stereocenters. The first kappa shape index (κ1) is 38.0. The van der Waals surface area contributed by atoms with E-state index < -0.39 is 5.41 Å². The quantitative estimate of drug-likeness (QED) is 0.173. The topological polar surface area (TPSA) is 48.5 Å². The molecule has 15 rings (SSSR count). The van der Waals surface area contributed by atoms with Crippen molar-refractivity contribution in [3.8, 4) is 67.8 Å². The molecule has 0 saturated heterocycles. The van der Waals surface area contributed by atoms with Crippen molar-refractivity contribution in [2.75, 3.05) is 0 Å². The number of aromatic nitrogens is 5. The van der Waals surface area contributed by atoms with E-state index in [0.29, 0.717) is 17.6 Å². The molecule has 5 heteroatoms. The molecule has 69 heavy (non-hydrogen) atoms. The van der Waals surface area contributed by atoms with Crippen LogP contribution in [-0.4, -0.2) is 24.1 Å². The summed E-state index contributed by atoms with van der Waals surface area (Å²) >= 11 is 0. The molecule has 3 aromatic heterocycles. The van der Waals surface area contributed by atoms with Crippen LogP contribution in [0.3, 0.4) is 0 Å². The lowest BCUT2D eigenvalue weighted by Gasteiger charge is -2.30. The second-order valence-electron chi connectivity index (χ2n) is 18.3. The molecule has 5 nitrogen and oxygen atoms in total. The first-order valence-electron chi connectivity index (χ1n) is 23.6. The van der Waals surface area contributed by atoms with E-state index >= 15 is 0 Å². The average molecular weight is 878 g/mol. The summed E-state index contributed by atoms with van der Waals surface area (Å²) in [7, 11) is 0. The Morgan fingerprint density at radius 1 is 0.275 bits per heavy atom. The lowest BCUT2D eigenvalue weighted by molar-refractivity contribution is 0.794. The summed E-state index contributed by atoms with van der Waals surface area (Å²) in [6.45, 7) is 0. The van der Waals surface area contributed by atoms with E-state index in [1.807, 2.05) is 36.4 Å². The minimum atomic E-state index is -0.516. The van der Waals surface area contributed by atoms with Gasteiger partial charge in [0.25, 0.3) is 0 Å². The van der Waals surface area contributed by atoms with Crippen molar-refractivity contribution in [2.24, 2.45) is 0 Å². The minimum absolute atomic E-state index is 0.516. The summed E-state index contributed by atoms with van der Waals surface area (Å²) in [6.07, 6.45) is 0. The molecule has 0 amide bonds. The first-order chi connectivity index (χ1) is 34.2. The predicted molar refractivity (Wildman–Crippen MR) is 281 cm³/mol. The van der Waals surface area contributed by atoms with E-state index in [1.165, 1.54) is 66.3 Å². The van der Waals surface area contributed by atoms with Gasteiger partial charge < -0.3 is 4.57 Å². The maximum absolute atomic E-state index is 5.38. The lowest BCUT2D eigenvalue weighted by Crippen LogP contribution is -2.25. The average Bonchev–Trinajstić information content (AvgIpc) is 4.12. The smallest absolute Gasteiger partial charge is 0.238 e. The van der Waals surface area contributed by atoms with E-state index in [2.05, 4.69) is 209 Å². The van der Waals surface area contributed by atoms with E-state index in [0.717, 1.165) is 49.7 Å². The molecule has 13 aromatic rings. The van der Waals surface area contributed by atoms with Gasteiger partial charge in [-0.15, -0.1) is 0 Å². The Morgan fingerprint density at radius 3 is 1.32 bits per heavy atom. The van der Waals surface area contributed by atoms with Gasteiger partial charge in [0.05, 0.1) is 27.5 Å². The zero-order valence-corrected chi connectivity index (χ0v) is 37.3. The Balaban J connectivity index is 1.03. The number of hydrogen-bond acceptors (Lipinski definition) is 3. The third-order valence-electron chi connectivity index (χ3n) is 14.8. The van der Waals surface area contributed by atoms with Gasteiger partial charge >= 0.3 is 0 Å². The fourth-order valence-electron chi connectivity index (χ4n) is 11.9. The van der Waals surface area contributed by atoms with Crippen molar-refractivity contribution < 1.29 is 0 Å². The molecule has 0 fully saturated rings. The summed E-state index contributed by atoms with van der Waals surface area (Å²) in [5.74, 6) is 1.82. The molecule has 0 bridgehead atoms. The summed E-state index contributed by atoms with van der Waals surface area (Å²) in [4.78, 5) is 15.9. The molecule has 0 N–H and O–H groups in total. The molecule has 2 aliphatic rings. The Hall–Kier alpha value is -9.19. The summed E-state index contributed by atoms with van der Waals surface area (Å²) in [6, 6.07) is 85.7. The van der Waals surface area contributed by atoms with E-state index in [9.17, 15) is 0 Å². The van der Waals surface area contributed by atoms with Gasteiger partial charge in [0.15, 0.2) is 11.6 Å². The molecule has 320 valence electrons. The van der Waals surface area contributed by atoms with Gasteiger partial charge in [-0.3, -0.25) is 4.57 Å². The highest BCUT2D eigenvalue weighted by molar-refractivity contribution is 6.14. The highest BCUT2D eigenvalue weighted by Gasteiger charge is 2.51. The van der Waals surface area contributed by atoms with Gasteiger partial charge in [-0.1, -0.05) is 182 Å². The van der Waals surface area contributed by atoms with Crippen LogP contribution in [0, 0.1) is 0 Å². The molecule has 0 saturated carbocycles. The standard InChI is InChI=1S/C64H39N5/c1-4-18-40(19-5-1)61-65-62(41-20-6-2-7-21-41)67-63(66-61)69-59-35-33-43(42-32-34-58-50(36-42)48-27-13-17-31-57(48)68(58)44-22-8-3-9-23-44)37-51(59)52-38-49-47-26-12-16-30-55(47)64(56(49)39-60(52)69)53-28-14-10-24-45(53)46-25-11-15-29-54(46)64/h1-39H. The van der Waals surface area contributed by atoms with Crippen molar-refractivity contribution >= 4 is 43.6 Å². The molecule has 3 heterocycles. The van der Waals surface area contributed by atoms with Crippen LogP contribution in [0.2, 0.25) is 0 Å². The van der Waals surface area contributed by atoms with Crippen molar-refractivity contribution in [1.82, 2.24) is 24.1 Å². The second kappa shape index (κ2) is 14.4. The maximum atomic E-state index is 5.38. The van der Waals surface area contributed by atoms with Crippen LogP contribution in [-0.2, 0) is 5.41 Å². The lowest BCUT2D eigenvalue weighted by atomic mass is 9.70. The number of fused-ring (bicyclic) bond motifs is 16. The third-order valence-corrected chi connectivity index (χ3v) is 14.8. The van der Waals surface area contributed by atoms with E-state index in [1.54, 1.807) is 0 Å². The summed E-state index contributed by atoms with van der Waals surface area (Å²) < 4.78 is 4.66. The van der Waals surface area contributed by atoms with Gasteiger partial charge in [-0.2, -0.15) is 9.97 Å². The maximum Gasteiger partial charge on any atom is 0.238 e. The molecular weight excluding hydrogens is 839 g/mol. The predicted octanol–water partition coefficient (Wildman–Crippen LogP) is 15.4. The fraction of sp³-hybridized carbons (Fsp3) is 0.0156. The Kier molecular flexibility index (Phi) is 7.93. The Labute approximate surface area is 397 Å².